The van der Waals surface area contributed by atoms with Crippen LogP contribution < -0.4 is 0 Å². The fourth-order valence-electron chi connectivity index (χ4n) is 26.2. The van der Waals surface area contributed by atoms with Gasteiger partial charge in [0.15, 0.2) is 0 Å². The van der Waals surface area contributed by atoms with Crippen molar-refractivity contribution >= 4 is 22.6 Å². The molecule has 0 bridgehead atoms. The van der Waals surface area contributed by atoms with Crippen LogP contribution in [0.5, 0.6) is 0 Å². The first-order chi connectivity index (χ1) is 39.8. The summed E-state index contributed by atoms with van der Waals surface area (Å²) in [7, 11) is 0. The highest BCUT2D eigenvalue weighted by Gasteiger charge is 2.60. The van der Waals surface area contributed by atoms with E-state index in [1.807, 2.05) is 22.3 Å². The molecular formula is C83H125I. The molecule has 0 heterocycles. The molecule has 8 saturated carbocycles. The van der Waals surface area contributed by atoms with E-state index in [2.05, 4.69) is 175 Å². The molecule has 0 N–H and O–H groups in total. The van der Waals surface area contributed by atoms with Gasteiger partial charge in [-0.2, -0.15) is 0 Å². The summed E-state index contributed by atoms with van der Waals surface area (Å²) >= 11 is 2.64. The molecule has 12 unspecified atom stereocenters. The number of rotatable bonds is 0. The van der Waals surface area contributed by atoms with Crippen molar-refractivity contribution in [1.29, 1.82) is 0 Å². The summed E-state index contributed by atoms with van der Waals surface area (Å²) in [6.45, 7) is 37.8. The molecule has 0 spiro atoms. The summed E-state index contributed by atoms with van der Waals surface area (Å²) in [6.07, 6.45) is 60.8. The van der Waals surface area contributed by atoms with Crippen LogP contribution in [0.3, 0.4) is 0 Å². The molecule has 1 heteroatoms. The maximum absolute atomic E-state index is 2.69. The average Bonchev–Trinajstić information content (AvgIpc) is 1.38. The Labute approximate surface area is 531 Å². The Morgan fingerprint density at radius 2 is 0.500 bits per heavy atom. The standard InChI is InChI=1S/3C21H32.C20H29I/c3*1-14-9-11-21(4)16(13-14)6-7-17-18-8-5-15(2)20(18,3)12-10-19(17)21;1-13-8-10-19(2)14(12-13)4-5-15-16-6-7-18(21)20(16,3)11-9-17(15)19/h3*5-6,14,17-19H,7-13H2,1-4H3;4,7,13,15-17H,5-6,8-12H2,1-3H3/t3*14-,17?,18?,19?,20+,21-;13-,15?,16?,17?,19-,20-/m0000/s1. The highest BCUT2D eigenvalue weighted by molar-refractivity contribution is 14.1. The van der Waals surface area contributed by atoms with E-state index in [0.717, 1.165) is 94.7 Å². The Balaban J connectivity index is 0.000000104. The summed E-state index contributed by atoms with van der Waals surface area (Å²) in [4.78, 5) is 0. The van der Waals surface area contributed by atoms with Crippen LogP contribution in [0.4, 0.5) is 0 Å². The van der Waals surface area contributed by atoms with Crippen molar-refractivity contribution in [2.75, 3.05) is 0 Å². The molecule has 0 aromatic heterocycles. The van der Waals surface area contributed by atoms with Crippen LogP contribution in [0.2, 0.25) is 0 Å². The highest BCUT2D eigenvalue weighted by Crippen LogP contribution is 2.70. The first kappa shape index (κ1) is 61.5. The zero-order chi connectivity index (χ0) is 59.3. The molecule has 16 aliphatic carbocycles. The maximum atomic E-state index is 2.69. The number of hydrogen-bond acceptors (Lipinski definition) is 0. The topological polar surface area (TPSA) is 0 Å². The molecule has 0 nitrogen and oxygen atoms in total. The van der Waals surface area contributed by atoms with E-state index in [9.17, 15) is 0 Å². The van der Waals surface area contributed by atoms with Crippen molar-refractivity contribution in [3.05, 3.63) is 91.2 Å². The molecule has 24 atom stereocenters. The second-order valence-electron chi connectivity index (χ2n) is 36.4. The molecule has 0 aromatic carbocycles. The average molecular weight is 1250 g/mol. The smallest absolute Gasteiger partial charge is 0.00136 e. The fourth-order valence-corrected chi connectivity index (χ4v) is 27.2. The number of allylic oxidation sites excluding steroid dienone is 16. The summed E-state index contributed by atoms with van der Waals surface area (Å²) in [6, 6.07) is 0. The van der Waals surface area contributed by atoms with Crippen LogP contribution >= 0.6 is 22.6 Å². The van der Waals surface area contributed by atoms with E-state index < -0.39 is 0 Å². The van der Waals surface area contributed by atoms with Gasteiger partial charge in [-0.25, -0.2) is 0 Å². The van der Waals surface area contributed by atoms with Crippen LogP contribution in [0, 0.1) is 138 Å². The van der Waals surface area contributed by atoms with Gasteiger partial charge < -0.3 is 0 Å². The lowest BCUT2D eigenvalue weighted by Crippen LogP contribution is -2.49. The predicted octanol–water partition coefficient (Wildman–Crippen LogP) is 24.9. The third-order valence-electron chi connectivity index (χ3n) is 32.8. The first-order valence-electron chi connectivity index (χ1n) is 37.0. The van der Waals surface area contributed by atoms with E-state index in [1.165, 1.54) is 180 Å². The van der Waals surface area contributed by atoms with Gasteiger partial charge >= 0.3 is 0 Å². The lowest BCUT2D eigenvalue weighted by atomic mass is 9.47. The van der Waals surface area contributed by atoms with Gasteiger partial charge in [0.05, 0.1) is 0 Å². The molecule has 0 amide bonds. The number of halogens is 1. The Morgan fingerprint density at radius 3 is 0.774 bits per heavy atom. The lowest BCUT2D eigenvalue weighted by molar-refractivity contribution is -0.0203. The molecule has 0 aliphatic heterocycles. The van der Waals surface area contributed by atoms with E-state index in [4.69, 9.17) is 0 Å². The van der Waals surface area contributed by atoms with Gasteiger partial charge in [0.2, 0.25) is 0 Å². The van der Waals surface area contributed by atoms with Crippen molar-refractivity contribution in [1.82, 2.24) is 0 Å². The highest BCUT2D eigenvalue weighted by atomic mass is 127. The van der Waals surface area contributed by atoms with Gasteiger partial charge in [-0.05, 0) is 359 Å². The minimum Gasteiger partial charge on any atom is -0.0847 e. The lowest BCUT2D eigenvalue weighted by Gasteiger charge is -2.57. The van der Waals surface area contributed by atoms with Crippen molar-refractivity contribution in [2.24, 2.45) is 138 Å². The largest absolute Gasteiger partial charge is 0.0847 e. The summed E-state index contributed by atoms with van der Waals surface area (Å²) in [5.74, 6) is 15.1. The second-order valence-corrected chi connectivity index (χ2v) is 37.6. The predicted molar refractivity (Wildman–Crippen MR) is 368 cm³/mol. The quantitative estimate of drug-likeness (QED) is 0.168. The zero-order valence-electron chi connectivity index (χ0n) is 57.0. The van der Waals surface area contributed by atoms with Gasteiger partial charge in [-0.3, -0.25) is 0 Å². The minimum absolute atomic E-state index is 0.519. The second kappa shape index (κ2) is 22.2. The molecule has 0 aromatic rings. The molecule has 464 valence electrons. The van der Waals surface area contributed by atoms with E-state index in [0.29, 0.717) is 43.3 Å². The van der Waals surface area contributed by atoms with Crippen LogP contribution in [-0.2, 0) is 0 Å². The third kappa shape index (κ3) is 9.62. The van der Waals surface area contributed by atoms with Crippen molar-refractivity contribution in [2.45, 2.75) is 284 Å². The Morgan fingerprint density at radius 1 is 0.274 bits per heavy atom. The monoisotopic (exact) mass is 1250 g/mol. The zero-order valence-corrected chi connectivity index (χ0v) is 59.2. The Hall–Kier alpha value is -1.35. The summed E-state index contributed by atoms with van der Waals surface area (Å²) in [5.41, 5.74) is 16.8. The molecule has 8 fully saturated rings. The van der Waals surface area contributed by atoms with Gasteiger partial charge in [0.1, 0.15) is 0 Å². The van der Waals surface area contributed by atoms with Gasteiger partial charge in [0, 0.05) is 5.41 Å². The minimum atomic E-state index is 0.519. The summed E-state index contributed by atoms with van der Waals surface area (Å²) < 4.78 is 1.67. The van der Waals surface area contributed by atoms with E-state index in [-0.39, 0.29) is 0 Å². The van der Waals surface area contributed by atoms with Crippen molar-refractivity contribution in [3.8, 4) is 0 Å². The molecule has 16 rings (SSSR count). The van der Waals surface area contributed by atoms with Crippen LogP contribution in [0.25, 0.3) is 0 Å². The summed E-state index contributed by atoms with van der Waals surface area (Å²) in [5, 5.41) is 0. The van der Waals surface area contributed by atoms with Crippen molar-refractivity contribution in [3.63, 3.8) is 0 Å². The molecule has 0 radical (unpaired) electrons. The Bertz CT molecular complexity index is 2420. The van der Waals surface area contributed by atoms with Gasteiger partial charge in [-0.15, -0.1) is 0 Å². The fraction of sp³-hybridized carbons (Fsp3) is 0.807. The number of fused-ring (bicyclic) bond motifs is 20. The van der Waals surface area contributed by atoms with E-state index in [1.54, 1.807) is 20.3 Å². The Kier molecular flexibility index (Phi) is 16.3. The van der Waals surface area contributed by atoms with Gasteiger partial charge in [-0.1, -0.05) is 171 Å². The molecule has 84 heavy (non-hydrogen) atoms. The molecule has 0 saturated heterocycles. The maximum Gasteiger partial charge on any atom is 0.00136 e. The first-order valence-corrected chi connectivity index (χ1v) is 38.0. The number of hydrogen-bond donors (Lipinski definition) is 0. The van der Waals surface area contributed by atoms with Crippen LogP contribution in [0.15, 0.2) is 91.2 Å². The van der Waals surface area contributed by atoms with Crippen molar-refractivity contribution < 1.29 is 0 Å². The third-order valence-corrected chi connectivity index (χ3v) is 34.5. The van der Waals surface area contributed by atoms with E-state index >= 15 is 0 Å². The normalized spacial score (nSPS) is 52.4. The van der Waals surface area contributed by atoms with Crippen LogP contribution in [-0.4, -0.2) is 0 Å². The van der Waals surface area contributed by atoms with Gasteiger partial charge in [0.25, 0.3) is 0 Å². The molecule has 16 aliphatic rings. The molecular weight excluding hydrogens is 1120 g/mol. The van der Waals surface area contributed by atoms with Crippen LogP contribution in [0.1, 0.15) is 284 Å². The SMILES string of the molecule is CC1=CCC2C3CC=C4C[C@@H](C)CC[C@]4(C)C3CC[C@]12C.CC1=CCC2C3CC=C4C[C@@H](C)CC[C@]4(C)C3CC[C@]12C.CC1=CCC2C3CC=C4C[C@@H](C)CC[C@]4(C)C3CC[C@]12C.C[C@H]1CC[C@@]2(C)C(=CCC3C2CC[C@]2(C)C(I)=CCC32)C1.